The molecule has 0 N–H and O–H groups in total. The number of carbonyl (C=O) groups is 1. The number of ether oxygens (including phenoxy) is 1. The Bertz CT molecular complexity index is 256. The summed E-state index contributed by atoms with van der Waals surface area (Å²) in [4.78, 5) is 11.1. The molecule has 21 heavy (non-hydrogen) atoms. The van der Waals surface area contributed by atoms with Gasteiger partial charge in [0.15, 0.2) is 0 Å². The van der Waals surface area contributed by atoms with E-state index in [0.717, 1.165) is 12.3 Å². The molecule has 0 heterocycles. The number of hydrogen-bond acceptors (Lipinski definition) is 2. The zero-order chi connectivity index (χ0) is 15.8. The molecule has 0 radical (unpaired) electrons. The molecule has 2 heteroatoms. The van der Waals surface area contributed by atoms with Gasteiger partial charge in [0.1, 0.15) is 0 Å². The van der Waals surface area contributed by atoms with Crippen molar-refractivity contribution in [3.05, 3.63) is 12.2 Å². The first-order valence-electron chi connectivity index (χ1n) is 9.00. The minimum absolute atomic E-state index is 0.213. The molecule has 0 aromatic heterocycles. The Balaban J connectivity index is 3.14. The Hall–Kier alpha value is -0.790. The predicted octanol–water partition coefficient (Wildman–Crippen LogP) is 6.05. The summed E-state index contributed by atoms with van der Waals surface area (Å²) in [5.41, 5.74) is 0. The first-order valence-corrected chi connectivity index (χ1v) is 9.00. The number of allylic oxidation sites excluding steroid dienone is 1. The summed E-state index contributed by atoms with van der Waals surface area (Å²) in [6, 6.07) is 0. The fourth-order valence-electron chi connectivity index (χ4n) is 2.42. The number of carbonyl (C=O) groups excluding carboxylic acids is 1. The fourth-order valence-corrected chi connectivity index (χ4v) is 2.42. The summed E-state index contributed by atoms with van der Waals surface area (Å²) in [7, 11) is 0. The predicted molar refractivity (Wildman–Crippen MR) is 91.4 cm³/mol. The minimum Gasteiger partial charge on any atom is -0.463 e. The van der Waals surface area contributed by atoms with Gasteiger partial charge in [-0.25, -0.2) is 4.79 Å². The Morgan fingerprint density at radius 3 is 1.95 bits per heavy atom. The SMILES string of the molecule is CCOC(=O)/C=C/CCCCCCCCCCCC(C)C. The van der Waals surface area contributed by atoms with E-state index < -0.39 is 0 Å². The zero-order valence-corrected chi connectivity index (χ0v) is 14.5. The third kappa shape index (κ3) is 17.2. The average molecular weight is 296 g/mol. The van der Waals surface area contributed by atoms with Gasteiger partial charge in [0.25, 0.3) is 0 Å². The Labute approximate surface area is 132 Å². The van der Waals surface area contributed by atoms with E-state index in [1.165, 1.54) is 64.2 Å². The van der Waals surface area contributed by atoms with E-state index >= 15 is 0 Å². The van der Waals surface area contributed by atoms with Crippen molar-refractivity contribution in [2.24, 2.45) is 5.92 Å². The quantitative estimate of drug-likeness (QED) is 0.221. The highest BCUT2D eigenvalue weighted by atomic mass is 16.5. The standard InChI is InChI=1S/C19H36O2/c1-4-21-19(20)17-15-13-11-9-7-5-6-8-10-12-14-16-18(2)3/h15,17-18H,4-14,16H2,1-3H3/b17-15+. The van der Waals surface area contributed by atoms with Crippen LogP contribution in [0.5, 0.6) is 0 Å². The molecule has 0 aliphatic carbocycles. The lowest BCUT2D eigenvalue weighted by Crippen LogP contribution is -1.98. The van der Waals surface area contributed by atoms with Crippen molar-refractivity contribution in [3.8, 4) is 0 Å². The van der Waals surface area contributed by atoms with Crippen LogP contribution in [0.1, 0.15) is 91.4 Å². The fraction of sp³-hybridized carbons (Fsp3) is 0.842. The molecule has 0 aromatic carbocycles. The molecule has 0 saturated heterocycles. The lowest BCUT2D eigenvalue weighted by molar-refractivity contribution is -0.137. The van der Waals surface area contributed by atoms with Crippen molar-refractivity contribution >= 4 is 5.97 Å². The normalized spacial score (nSPS) is 11.4. The monoisotopic (exact) mass is 296 g/mol. The second-order valence-corrected chi connectivity index (χ2v) is 6.31. The number of unbranched alkanes of at least 4 members (excludes halogenated alkanes) is 9. The molecular weight excluding hydrogens is 260 g/mol. The van der Waals surface area contributed by atoms with E-state index in [1.807, 2.05) is 13.0 Å². The summed E-state index contributed by atoms with van der Waals surface area (Å²) in [6.07, 6.45) is 18.1. The lowest BCUT2D eigenvalue weighted by Gasteiger charge is -2.04. The molecule has 0 fully saturated rings. The number of esters is 1. The third-order valence-electron chi connectivity index (χ3n) is 3.69. The largest absolute Gasteiger partial charge is 0.463 e. The van der Waals surface area contributed by atoms with Crippen LogP contribution in [0.4, 0.5) is 0 Å². The van der Waals surface area contributed by atoms with Crippen LogP contribution in [0.3, 0.4) is 0 Å². The van der Waals surface area contributed by atoms with E-state index in [2.05, 4.69) is 13.8 Å². The minimum atomic E-state index is -0.213. The second kappa shape index (κ2) is 15.6. The van der Waals surface area contributed by atoms with E-state index in [9.17, 15) is 4.79 Å². The van der Waals surface area contributed by atoms with Gasteiger partial charge >= 0.3 is 5.97 Å². The molecule has 0 atom stereocenters. The van der Waals surface area contributed by atoms with Crippen LogP contribution in [0.2, 0.25) is 0 Å². The molecule has 2 nitrogen and oxygen atoms in total. The van der Waals surface area contributed by atoms with Gasteiger partial charge < -0.3 is 4.74 Å². The van der Waals surface area contributed by atoms with Crippen LogP contribution in [0.15, 0.2) is 12.2 Å². The maximum absolute atomic E-state index is 11.1. The maximum atomic E-state index is 11.1. The highest BCUT2D eigenvalue weighted by Crippen LogP contribution is 2.13. The second-order valence-electron chi connectivity index (χ2n) is 6.31. The van der Waals surface area contributed by atoms with Crippen LogP contribution in [-0.2, 0) is 9.53 Å². The third-order valence-corrected chi connectivity index (χ3v) is 3.69. The van der Waals surface area contributed by atoms with Crippen LogP contribution in [0, 0.1) is 5.92 Å². The van der Waals surface area contributed by atoms with Gasteiger partial charge in [-0.2, -0.15) is 0 Å². The van der Waals surface area contributed by atoms with Crippen LogP contribution in [-0.4, -0.2) is 12.6 Å². The zero-order valence-electron chi connectivity index (χ0n) is 14.5. The van der Waals surface area contributed by atoms with Gasteiger partial charge in [0.05, 0.1) is 6.61 Å². The van der Waals surface area contributed by atoms with Gasteiger partial charge in [0.2, 0.25) is 0 Å². The summed E-state index contributed by atoms with van der Waals surface area (Å²) in [5, 5.41) is 0. The Kier molecular flexibility index (Phi) is 15.0. The van der Waals surface area contributed by atoms with E-state index in [4.69, 9.17) is 4.74 Å². The smallest absolute Gasteiger partial charge is 0.330 e. The summed E-state index contributed by atoms with van der Waals surface area (Å²) < 4.78 is 4.83. The lowest BCUT2D eigenvalue weighted by atomic mass is 10.0. The van der Waals surface area contributed by atoms with E-state index in [1.54, 1.807) is 6.08 Å². The molecule has 0 bridgehead atoms. The number of rotatable bonds is 14. The molecule has 0 amide bonds. The van der Waals surface area contributed by atoms with Crippen molar-refractivity contribution < 1.29 is 9.53 Å². The van der Waals surface area contributed by atoms with E-state index in [-0.39, 0.29) is 5.97 Å². The average Bonchev–Trinajstić information content (AvgIpc) is 2.44. The maximum Gasteiger partial charge on any atom is 0.330 e. The van der Waals surface area contributed by atoms with Crippen LogP contribution in [0.25, 0.3) is 0 Å². The summed E-state index contributed by atoms with van der Waals surface area (Å²) >= 11 is 0. The molecule has 0 saturated carbocycles. The molecule has 0 unspecified atom stereocenters. The van der Waals surface area contributed by atoms with Gasteiger partial charge in [-0.3, -0.25) is 0 Å². The van der Waals surface area contributed by atoms with Crippen molar-refractivity contribution in [3.63, 3.8) is 0 Å². The number of hydrogen-bond donors (Lipinski definition) is 0. The van der Waals surface area contributed by atoms with E-state index in [0.29, 0.717) is 6.61 Å². The highest BCUT2D eigenvalue weighted by molar-refractivity contribution is 5.81. The summed E-state index contributed by atoms with van der Waals surface area (Å²) in [5.74, 6) is 0.651. The van der Waals surface area contributed by atoms with Crippen molar-refractivity contribution in [2.75, 3.05) is 6.61 Å². The van der Waals surface area contributed by atoms with Crippen molar-refractivity contribution in [2.45, 2.75) is 91.4 Å². The molecule has 0 aromatic rings. The van der Waals surface area contributed by atoms with Gasteiger partial charge in [-0.15, -0.1) is 0 Å². The Morgan fingerprint density at radius 2 is 1.43 bits per heavy atom. The molecule has 0 rings (SSSR count). The first kappa shape index (κ1) is 20.2. The summed E-state index contributed by atoms with van der Waals surface area (Å²) in [6.45, 7) is 6.90. The Morgan fingerprint density at radius 1 is 0.905 bits per heavy atom. The molecule has 124 valence electrons. The molecule has 0 spiro atoms. The van der Waals surface area contributed by atoms with Gasteiger partial charge in [-0.1, -0.05) is 77.7 Å². The van der Waals surface area contributed by atoms with Crippen molar-refractivity contribution in [1.82, 2.24) is 0 Å². The van der Waals surface area contributed by atoms with Crippen molar-refractivity contribution in [1.29, 1.82) is 0 Å². The van der Waals surface area contributed by atoms with Crippen LogP contribution >= 0.6 is 0 Å². The van der Waals surface area contributed by atoms with Gasteiger partial charge in [-0.05, 0) is 25.7 Å². The molecule has 0 aliphatic rings. The molecule has 0 aliphatic heterocycles. The molecular formula is C19H36O2. The highest BCUT2D eigenvalue weighted by Gasteiger charge is 1.95. The first-order chi connectivity index (χ1) is 10.2. The van der Waals surface area contributed by atoms with Gasteiger partial charge in [0, 0.05) is 6.08 Å². The topological polar surface area (TPSA) is 26.3 Å². The van der Waals surface area contributed by atoms with Crippen LogP contribution < -0.4 is 0 Å².